The smallest absolute Gasteiger partial charge is 0.317 e. The number of halogens is 1. The third-order valence-electron chi connectivity index (χ3n) is 4.72. The van der Waals surface area contributed by atoms with Crippen LogP contribution >= 0.6 is 12.4 Å². The second-order valence-corrected chi connectivity index (χ2v) is 6.23. The maximum absolute atomic E-state index is 12.1. The summed E-state index contributed by atoms with van der Waals surface area (Å²) in [7, 11) is 1.87. The van der Waals surface area contributed by atoms with Crippen molar-refractivity contribution < 1.29 is 0 Å². The van der Waals surface area contributed by atoms with Crippen LogP contribution in [0.2, 0.25) is 0 Å². The molecule has 2 N–H and O–H groups in total. The number of nitrogens with zero attached hydrogens (tertiary/aromatic N) is 3. The third kappa shape index (κ3) is 3.12. The largest absolute Gasteiger partial charge is 0.334 e. The lowest BCUT2D eigenvalue weighted by atomic mass is 9.90. The summed E-state index contributed by atoms with van der Waals surface area (Å²) in [4.78, 5) is 25.6. The van der Waals surface area contributed by atoms with Gasteiger partial charge >= 0.3 is 5.69 Å². The van der Waals surface area contributed by atoms with Gasteiger partial charge < -0.3 is 5.32 Å². The van der Waals surface area contributed by atoms with Crippen LogP contribution in [0.4, 0.5) is 0 Å². The summed E-state index contributed by atoms with van der Waals surface area (Å²) in [6.45, 7) is 2.10. The number of aromatic amines is 1. The minimum Gasteiger partial charge on any atom is -0.317 e. The summed E-state index contributed by atoms with van der Waals surface area (Å²) >= 11 is 0. The van der Waals surface area contributed by atoms with Crippen molar-refractivity contribution in [1.82, 2.24) is 24.6 Å². The minimum atomic E-state index is -0.482. The standard InChI is InChI=1S/C17H19N5O2.ClH/c1-21-14-10-12(11-4-7-18-8-5-11)2-3-13(14)16(20-21)22-9-6-15(23)19-17(22)24;/h2-3,6,9-11,18H,4-5,7-8H2,1H3,(H,19,23,24);1H. The average molecular weight is 362 g/mol. The van der Waals surface area contributed by atoms with Gasteiger partial charge in [0.2, 0.25) is 0 Å². The molecular formula is C17H20ClN5O2. The summed E-state index contributed by atoms with van der Waals surface area (Å²) < 4.78 is 3.15. The molecule has 25 heavy (non-hydrogen) atoms. The van der Waals surface area contributed by atoms with Crippen LogP contribution in [0.15, 0.2) is 40.1 Å². The number of hydrogen-bond donors (Lipinski definition) is 2. The van der Waals surface area contributed by atoms with Gasteiger partial charge in [-0.3, -0.25) is 19.0 Å². The number of nitrogens with one attached hydrogen (secondary N) is 2. The highest BCUT2D eigenvalue weighted by molar-refractivity contribution is 5.87. The highest BCUT2D eigenvalue weighted by atomic mass is 35.5. The molecular weight excluding hydrogens is 342 g/mol. The SMILES string of the molecule is Cl.Cn1nc(-n2ccc(=O)[nH]c2=O)c2ccc(C3CCNCC3)cc21. The Labute approximate surface area is 150 Å². The van der Waals surface area contributed by atoms with Crippen LogP contribution in [0.25, 0.3) is 16.7 Å². The van der Waals surface area contributed by atoms with Gasteiger partial charge in [0.1, 0.15) is 0 Å². The molecule has 3 heterocycles. The second kappa shape index (κ2) is 6.85. The van der Waals surface area contributed by atoms with Crippen molar-refractivity contribution >= 4 is 23.3 Å². The van der Waals surface area contributed by atoms with Crippen molar-refractivity contribution in [3.8, 4) is 5.82 Å². The van der Waals surface area contributed by atoms with Gasteiger partial charge in [-0.15, -0.1) is 12.4 Å². The molecule has 4 rings (SSSR count). The first-order chi connectivity index (χ1) is 11.6. The highest BCUT2D eigenvalue weighted by Crippen LogP contribution is 2.29. The lowest BCUT2D eigenvalue weighted by molar-refractivity contribution is 0.460. The molecule has 2 aromatic heterocycles. The van der Waals surface area contributed by atoms with Crippen molar-refractivity contribution in [2.24, 2.45) is 7.05 Å². The van der Waals surface area contributed by atoms with Crippen molar-refractivity contribution in [3.05, 3.63) is 56.9 Å². The Morgan fingerprint density at radius 3 is 2.64 bits per heavy atom. The van der Waals surface area contributed by atoms with E-state index in [1.807, 2.05) is 13.1 Å². The Morgan fingerprint density at radius 2 is 1.92 bits per heavy atom. The molecule has 3 aromatic rings. The Morgan fingerprint density at radius 1 is 1.16 bits per heavy atom. The van der Waals surface area contributed by atoms with Crippen LogP contribution in [0.3, 0.4) is 0 Å². The van der Waals surface area contributed by atoms with E-state index in [-0.39, 0.29) is 12.4 Å². The van der Waals surface area contributed by atoms with Crippen LogP contribution in [-0.2, 0) is 7.05 Å². The molecule has 0 amide bonds. The van der Waals surface area contributed by atoms with Crippen LogP contribution in [0.5, 0.6) is 0 Å². The van der Waals surface area contributed by atoms with Crippen LogP contribution < -0.4 is 16.6 Å². The summed E-state index contributed by atoms with van der Waals surface area (Å²) in [5.74, 6) is 1.09. The van der Waals surface area contributed by atoms with E-state index < -0.39 is 11.2 Å². The van der Waals surface area contributed by atoms with Gasteiger partial charge in [-0.1, -0.05) is 6.07 Å². The van der Waals surface area contributed by atoms with Gasteiger partial charge in [0.15, 0.2) is 5.82 Å². The number of rotatable bonds is 2. The van der Waals surface area contributed by atoms with E-state index in [0.717, 1.165) is 36.8 Å². The zero-order valence-corrected chi connectivity index (χ0v) is 14.7. The third-order valence-corrected chi connectivity index (χ3v) is 4.72. The first-order valence-electron chi connectivity index (χ1n) is 8.13. The fraction of sp³-hybridized carbons (Fsp3) is 0.353. The van der Waals surface area contributed by atoms with Crippen molar-refractivity contribution in [3.63, 3.8) is 0 Å². The number of aryl methyl sites for hydroxylation is 1. The van der Waals surface area contributed by atoms with E-state index in [1.165, 1.54) is 22.4 Å². The topological polar surface area (TPSA) is 84.7 Å². The van der Waals surface area contributed by atoms with Crippen molar-refractivity contribution in [2.45, 2.75) is 18.8 Å². The van der Waals surface area contributed by atoms with E-state index >= 15 is 0 Å². The van der Waals surface area contributed by atoms with Gasteiger partial charge in [0.05, 0.1) is 5.52 Å². The molecule has 0 radical (unpaired) electrons. The molecule has 1 aromatic carbocycles. The Bertz CT molecular complexity index is 1010. The maximum atomic E-state index is 12.1. The number of H-pyrrole nitrogens is 1. The number of fused-ring (bicyclic) bond motifs is 1. The zero-order valence-electron chi connectivity index (χ0n) is 13.9. The van der Waals surface area contributed by atoms with Crippen LogP contribution in [-0.4, -0.2) is 32.4 Å². The maximum Gasteiger partial charge on any atom is 0.334 e. The quantitative estimate of drug-likeness (QED) is 0.720. The molecule has 1 aliphatic rings. The van der Waals surface area contributed by atoms with Gasteiger partial charge in [-0.05, 0) is 49.5 Å². The van der Waals surface area contributed by atoms with Crippen molar-refractivity contribution in [2.75, 3.05) is 13.1 Å². The van der Waals surface area contributed by atoms with E-state index in [2.05, 4.69) is 27.5 Å². The second-order valence-electron chi connectivity index (χ2n) is 6.23. The Balaban J connectivity index is 0.00000182. The van der Waals surface area contributed by atoms with E-state index in [0.29, 0.717) is 11.7 Å². The number of aromatic nitrogens is 4. The van der Waals surface area contributed by atoms with Gasteiger partial charge in [-0.25, -0.2) is 4.79 Å². The Hall–Kier alpha value is -2.38. The van der Waals surface area contributed by atoms with Crippen LogP contribution in [0, 0.1) is 0 Å². The zero-order chi connectivity index (χ0) is 16.7. The molecule has 7 nitrogen and oxygen atoms in total. The fourth-order valence-electron chi connectivity index (χ4n) is 3.43. The highest BCUT2D eigenvalue weighted by Gasteiger charge is 2.18. The van der Waals surface area contributed by atoms with Gasteiger partial charge in [0.25, 0.3) is 5.56 Å². The van der Waals surface area contributed by atoms with Crippen LogP contribution in [0.1, 0.15) is 24.3 Å². The first-order valence-corrected chi connectivity index (χ1v) is 8.13. The molecule has 0 saturated carbocycles. The molecule has 1 aliphatic heterocycles. The molecule has 0 unspecified atom stereocenters. The molecule has 132 valence electrons. The summed E-state index contributed by atoms with van der Waals surface area (Å²) in [6.07, 6.45) is 3.73. The lowest BCUT2D eigenvalue weighted by Gasteiger charge is -2.23. The normalized spacial score (nSPS) is 15.2. The molecule has 0 bridgehead atoms. The molecule has 1 saturated heterocycles. The van der Waals surface area contributed by atoms with Gasteiger partial charge in [-0.2, -0.15) is 5.10 Å². The molecule has 0 atom stereocenters. The molecule has 1 fully saturated rings. The first kappa shape index (κ1) is 17.4. The predicted octanol–water partition coefficient (Wildman–Crippen LogP) is 1.30. The van der Waals surface area contributed by atoms with E-state index in [1.54, 1.807) is 4.68 Å². The average Bonchev–Trinajstić information content (AvgIpc) is 2.92. The van der Waals surface area contributed by atoms with E-state index in [4.69, 9.17) is 0 Å². The summed E-state index contributed by atoms with van der Waals surface area (Å²) in [5, 5.41) is 8.76. The van der Waals surface area contributed by atoms with Crippen molar-refractivity contribution in [1.29, 1.82) is 0 Å². The monoisotopic (exact) mass is 361 g/mol. The summed E-state index contributed by atoms with van der Waals surface area (Å²) in [6, 6.07) is 7.64. The fourth-order valence-corrected chi connectivity index (χ4v) is 3.43. The minimum absolute atomic E-state index is 0. The molecule has 8 heteroatoms. The molecule has 0 aliphatic carbocycles. The number of hydrogen-bond acceptors (Lipinski definition) is 4. The molecule has 0 spiro atoms. The Kier molecular flexibility index (Phi) is 4.78. The summed E-state index contributed by atoms with van der Waals surface area (Å²) in [5.41, 5.74) is 1.40. The van der Waals surface area contributed by atoms with Gasteiger partial charge in [0, 0.05) is 24.7 Å². The number of benzene rings is 1. The van der Waals surface area contributed by atoms with E-state index in [9.17, 15) is 9.59 Å². The lowest BCUT2D eigenvalue weighted by Crippen LogP contribution is -2.27. The number of piperidine rings is 1. The predicted molar refractivity (Wildman–Crippen MR) is 99.0 cm³/mol.